The van der Waals surface area contributed by atoms with Crippen molar-refractivity contribution in [1.82, 2.24) is 14.5 Å². The van der Waals surface area contributed by atoms with Crippen molar-refractivity contribution < 1.29 is 9.18 Å². The molecule has 24 heavy (non-hydrogen) atoms. The summed E-state index contributed by atoms with van der Waals surface area (Å²) in [6, 6.07) is 9.09. The Morgan fingerprint density at radius 3 is 2.88 bits per heavy atom. The summed E-state index contributed by atoms with van der Waals surface area (Å²) in [5, 5.41) is 0.770. The Labute approximate surface area is 139 Å². The van der Waals surface area contributed by atoms with Crippen molar-refractivity contribution >= 4 is 16.8 Å². The molecule has 0 spiro atoms. The number of amides is 1. The van der Waals surface area contributed by atoms with E-state index in [0.717, 1.165) is 29.6 Å². The minimum atomic E-state index is -0.325. The van der Waals surface area contributed by atoms with E-state index in [9.17, 15) is 9.18 Å². The fourth-order valence-corrected chi connectivity index (χ4v) is 3.81. The Balaban J connectivity index is 1.77. The summed E-state index contributed by atoms with van der Waals surface area (Å²) < 4.78 is 16.2. The number of aromatic nitrogens is 2. The summed E-state index contributed by atoms with van der Waals surface area (Å²) in [6.45, 7) is 5.42. The van der Waals surface area contributed by atoms with Crippen LogP contribution in [0.1, 0.15) is 41.1 Å². The van der Waals surface area contributed by atoms with Gasteiger partial charge in [-0.1, -0.05) is 19.1 Å². The molecule has 1 aliphatic heterocycles. The number of nitrogens with zero attached hydrogens (tertiary/aromatic N) is 2. The van der Waals surface area contributed by atoms with Crippen molar-refractivity contribution in [2.45, 2.75) is 32.9 Å². The van der Waals surface area contributed by atoms with Crippen LogP contribution < -0.4 is 0 Å². The Bertz CT molecular complexity index is 924. The number of aryl methyl sites for hydroxylation is 1. The lowest BCUT2D eigenvalue weighted by Crippen LogP contribution is -2.42. The topological polar surface area (TPSA) is 41.0 Å². The maximum Gasteiger partial charge on any atom is 0.271 e. The van der Waals surface area contributed by atoms with Gasteiger partial charge in [0, 0.05) is 30.4 Å². The number of aromatic amines is 1. The van der Waals surface area contributed by atoms with Crippen LogP contribution in [0.3, 0.4) is 0 Å². The van der Waals surface area contributed by atoms with Crippen LogP contribution in [0.15, 0.2) is 36.5 Å². The summed E-state index contributed by atoms with van der Waals surface area (Å²) in [7, 11) is 0. The minimum Gasteiger partial charge on any atom is -0.348 e. The first kappa shape index (κ1) is 15.0. The summed E-state index contributed by atoms with van der Waals surface area (Å²) in [5.74, 6) is -0.378. The van der Waals surface area contributed by atoms with E-state index in [0.29, 0.717) is 17.8 Å². The smallest absolute Gasteiger partial charge is 0.271 e. The second kappa shape index (κ2) is 5.51. The molecule has 1 amide bonds. The van der Waals surface area contributed by atoms with Gasteiger partial charge in [0.05, 0.1) is 11.6 Å². The van der Waals surface area contributed by atoms with E-state index in [-0.39, 0.29) is 17.8 Å². The molecule has 124 valence electrons. The number of H-pyrrole nitrogens is 1. The maximum atomic E-state index is 14.0. The van der Waals surface area contributed by atoms with Gasteiger partial charge in [-0.05, 0) is 37.1 Å². The molecule has 0 aliphatic carbocycles. The SMILES string of the molecule is CC[C@H]1c2cccn2CCN1C(=O)c1[nH]c2c(F)cccc2c1C. The van der Waals surface area contributed by atoms with Gasteiger partial charge in [-0.25, -0.2) is 4.39 Å². The maximum absolute atomic E-state index is 14.0. The molecule has 4 nitrogen and oxygen atoms in total. The molecule has 1 N–H and O–H groups in total. The van der Waals surface area contributed by atoms with Gasteiger partial charge in [0.25, 0.3) is 5.91 Å². The van der Waals surface area contributed by atoms with Crippen molar-refractivity contribution in [3.05, 3.63) is 59.3 Å². The predicted molar refractivity (Wildman–Crippen MR) is 91.5 cm³/mol. The third-order valence-electron chi connectivity index (χ3n) is 5.07. The van der Waals surface area contributed by atoms with Crippen LogP contribution in [0, 0.1) is 12.7 Å². The van der Waals surface area contributed by atoms with Crippen LogP contribution in [-0.2, 0) is 6.54 Å². The van der Waals surface area contributed by atoms with Crippen molar-refractivity contribution in [2.75, 3.05) is 6.54 Å². The molecule has 0 bridgehead atoms. The van der Waals surface area contributed by atoms with Gasteiger partial charge in [0.2, 0.25) is 0 Å². The van der Waals surface area contributed by atoms with E-state index in [1.807, 2.05) is 24.0 Å². The van der Waals surface area contributed by atoms with Crippen molar-refractivity contribution in [2.24, 2.45) is 0 Å². The third kappa shape index (κ3) is 2.08. The van der Waals surface area contributed by atoms with Gasteiger partial charge >= 0.3 is 0 Å². The van der Waals surface area contributed by atoms with Crippen LogP contribution in [-0.4, -0.2) is 26.9 Å². The molecular formula is C19H20FN3O. The van der Waals surface area contributed by atoms with Gasteiger partial charge in [0.1, 0.15) is 11.5 Å². The van der Waals surface area contributed by atoms with Crippen LogP contribution in [0.5, 0.6) is 0 Å². The zero-order valence-corrected chi connectivity index (χ0v) is 13.8. The Morgan fingerprint density at radius 1 is 1.29 bits per heavy atom. The van der Waals surface area contributed by atoms with Crippen LogP contribution in [0.2, 0.25) is 0 Å². The van der Waals surface area contributed by atoms with E-state index >= 15 is 0 Å². The van der Waals surface area contributed by atoms with E-state index in [2.05, 4.69) is 28.7 Å². The Kier molecular flexibility index (Phi) is 3.44. The molecule has 3 heterocycles. The van der Waals surface area contributed by atoms with Crippen molar-refractivity contribution in [1.29, 1.82) is 0 Å². The highest BCUT2D eigenvalue weighted by Gasteiger charge is 2.31. The van der Waals surface area contributed by atoms with Gasteiger partial charge < -0.3 is 14.5 Å². The minimum absolute atomic E-state index is 0.0527. The predicted octanol–water partition coefficient (Wildman–Crippen LogP) is 4.02. The normalized spacial score (nSPS) is 17.3. The average molecular weight is 325 g/mol. The Morgan fingerprint density at radius 2 is 2.12 bits per heavy atom. The summed E-state index contributed by atoms with van der Waals surface area (Å²) in [4.78, 5) is 18.1. The Hall–Kier alpha value is -2.56. The third-order valence-corrected chi connectivity index (χ3v) is 5.07. The van der Waals surface area contributed by atoms with Crippen LogP contribution in [0.25, 0.3) is 10.9 Å². The van der Waals surface area contributed by atoms with Gasteiger partial charge in [-0.15, -0.1) is 0 Å². The largest absolute Gasteiger partial charge is 0.348 e. The number of benzene rings is 1. The fraction of sp³-hybridized carbons (Fsp3) is 0.316. The lowest BCUT2D eigenvalue weighted by Gasteiger charge is -2.36. The van der Waals surface area contributed by atoms with Gasteiger partial charge in [0.15, 0.2) is 0 Å². The summed E-state index contributed by atoms with van der Waals surface area (Å²) in [6.07, 6.45) is 2.91. The number of rotatable bonds is 2. The number of hydrogen-bond acceptors (Lipinski definition) is 1. The van der Waals surface area contributed by atoms with E-state index < -0.39 is 0 Å². The summed E-state index contributed by atoms with van der Waals surface area (Å²) in [5.41, 5.74) is 2.88. The summed E-state index contributed by atoms with van der Waals surface area (Å²) >= 11 is 0. The molecule has 1 aliphatic rings. The van der Waals surface area contributed by atoms with Gasteiger partial charge in [-0.2, -0.15) is 0 Å². The molecule has 3 aromatic rings. The highest BCUT2D eigenvalue weighted by atomic mass is 19.1. The van der Waals surface area contributed by atoms with Crippen LogP contribution in [0.4, 0.5) is 4.39 Å². The number of hydrogen-bond donors (Lipinski definition) is 1. The first-order valence-corrected chi connectivity index (χ1v) is 8.34. The molecule has 1 atom stereocenters. The number of fused-ring (bicyclic) bond motifs is 2. The molecule has 0 fully saturated rings. The van der Waals surface area contributed by atoms with E-state index in [1.165, 1.54) is 6.07 Å². The lowest BCUT2D eigenvalue weighted by atomic mass is 10.1. The zero-order chi connectivity index (χ0) is 16.8. The average Bonchev–Trinajstić information content (AvgIpc) is 3.19. The highest BCUT2D eigenvalue weighted by molar-refractivity contribution is 6.01. The number of halogens is 1. The molecule has 2 aromatic heterocycles. The van der Waals surface area contributed by atoms with E-state index in [1.54, 1.807) is 6.07 Å². The number of carbonyl (C=O) groups excluding carboxylic acids is 1. The first-order valence-electron chi connectivity index (χ1n) is 8.34. The van der Waals surface area contributed by atoms with Crippen molar-refractivity contribution in [3.8, 4) is 0 Å². The number of carbonyl (C=O) groups is 1. The second-order valence-corrected chi connectivity index (χ2v) is 6.34. The zero-order valence-electron chi connectivity index (χ0n) is 13.8. The molecule has 0 unspecified atom stereocenters. The van der Waals surface area contributed by atoms with E-state index in [4.69, 9.17) is 0 Å². The molecule has 0 saturated carbocycles. The monoisotopic (exact) mass is 325 g/mol. The lowest BCUT2D eigenvalue weighted by molar-refractivity contribution is 0.0612. The molecule has 4 rings (SSSR count). The molecule has 0 saturated heterocycles. The molecule has 5 heteroatoms. The molecular weight excluding hydrogens is 305 g/mol. The number of para-hydroxylation sites is 1. The fourth-order valence-electron chi connectivity index (χ4n) is 3.81. The molecule has 1 aromatic carbocycles. The number of nitrogens with one attached hydrogen (secondary N) is 1. The van der Waals surface area contributed by atoms with Crippen molar-refractivity contribution in [3.63, 3.8) is 0 Å². The first-order chi connectivity index (χ1) is 11.6. The second-order valence-electron chi connectivity index (χ2n) is 6.34. The highest BCUT2D eigenvalue weighted by Crippen LogP contribution is 2.32. The quantitative estimate of drug-likeness (QED) is 0.759. The van der Waals surface area contributed by atoms with Gasteiger partial charge in [-0.3, -0.25) is 4.79 Å². The molecule has 0 radical (unpaired) electrons. The van der Waals surface area contributed by atoms with Crippen LogP contribution >= 0.6 is 0 Å². The standard InChI is InChI=1S/C19H20FN3O/c1-3-15-16-8-5-9-22(16)10-11-23(15)19(24)17-12(2)13-6-4-7-14(20)18(13)21-17/h4-9,15,21H,3,10-11H2,1-2H3/t15-/m0/s1.